The smallest absolute Gasteiger partial charge is 0.157 e. The molecule has 0 aromatic heterocycles. The summed E-state index contributed by atoms with van der Waals surface area (Å²) in [5.41, 5.74) is 6.66. The summed E-state index contributed by atoms with van der Waals surface area (Å²) in [7, 11) is 0. The molecular formula is C12H15N3O. The van der Waals surface area contributed by atoms with Crippen molar-refractivity contribution >= 4 is 11.7 Å². The van der Waals surface area contributed by atoms with Crippen molar-refractivity contribution in [1.82, 2.24) is 0 Å². The van der Waals surface area contributed by atoms with Gasteiger partial charge in [-0.05, 0) is 38.1 Å². The fourth-order valence-electron chi connectivity index (χ4n) is 1.50. The molecule has 1 aliphatic heterocycles. The summed E-state index contributed by atoms with van der Waals surface area (Å²) in [5.74, 6) is 2.13. The largest absolute Gasteiger partial charge is 0.494 e. The topological polar surface area (TPSA) is 60.0 Å². The molecule has 0 saturated carbocycles. The van der Waals surface area contributed by atoms with Crippen molar-refractivity contribution in [2.45, 2.75) is 19.9 Å². The average molecular weight is 217 g/mol. The van der Waals surface area contributed by atoms with Gasteiger partial charge in [0.2, 0.25) is 0 Å². The van der Waals surface area contributed by atoms with Crippen molar-refractivity contribution in [3.8, 4) is 5.75 Å². The molecule has 84 valence electrons. The number of aliphatic imine (C=N–C) groups is 2. The predicted molar refractivity (Wildman–Crippen MR) is 65.2 cm³/mol. The normalized spacial score (nSPS) is 19.2. The van der Waals surface area contributed by atoms with E-state index in [1.807, 2.05) is 38.1 Å². The molecule has 2 rings (SSSR count). The van der Waals surface area contributed by atoms with Crippen LogP contribution in [0.5, 0.6) is 5.75 Å². The summed E-state index contributed by atoms with van der Waals surface area (Å²) in [6, 6.07) is 7.70. The maximum absolute atomic E-state index is 5.69. The number of hydrogen-bond acceptors (Lipinski definition) is 4. The van der Waals surface area contributed by atoms with Gasteiger partial charge in [0.1, 0.15) is 17.6 Å². The van der Waals surface area contributed by atoms with Gasteiger partial charge >= 0.3 is 0 Å². The van der Waals surface area contributed by atoms with E-state index in [9.17, 15) is 0 Å². The molecule has 1 atom stereocenters. The Hall–Kier alpha value is -1.84. The van der Waals surface area contributed by atoms with Crippen molar-refractivity contribution < 1.29 is 4.74 Å². The van der Waals surface area contributed by atoms with E-state index in [0.717, 1.165) is 11.3 Å². The van der Waals surface area contributed by atoms with Gasteiger partial charge in [-0.2, -0.15) is 0 Å². The lowest BCUT2D eigenvalue weighted by molar-refractivity contribution is 0.340. The van der Waals surface area contributed by atoms with Crippen LogP contribution < -0.4 is 10.5 Å². The Morgan fingerprint density at radius 3 is 2.50 bits per heavy atom. The average Bonchev–Trinajstić information content (AvgIpc) is 2.61. The summed E-state index contributed by atoms with van der Waals surface area (Å²) >= 11 is 0. The van der Waals surface area contributed by atoms with E-state index in [0.29, 0.717) is 18.3 Å². The Balaban J connectivity index is 2.20. The number of nitrogens with two attached hydrogens (primary N) is 1. The maximum atomic E-state index is 5.69. The second-order valence-corrected chi connectivity index (χ2v) is 3.62. The highest BCUT2D eigenvalue weighted by Crippen LogP contribution is 2.15. The zero-order valence-corrected chi connectivity index (χ0v) is 9.47. The van der Waals surface area contributed by atoms with Crippen LogP contribution in [0.2, 0.25) is 0 Å². The molecule has 1 aromatic carbocycles. The fourth-order valence-corrected chi connectivity index (χ4v) is 1.50. The first-order valence-corrected chi connectivity index (χ1v) is 5.35. The molecule has 1 aromatic rings. The lowest BCUT2D eigenvalue weighted by Crippen LogP contribution is -2.20. The Labute approximate surface area is 94.9 Å². The minimum atomic E-state index is -0.0124. The SMILES string of the molecule is CCOc1ccc(C2=NC(C)C(N)=N2)cc1. The van der Waals surface area contributed by atoms with Crippen LogP contribution in [0.3, 0.4) is 0 Å². The lowest BCUT2D eigenvalue weighted by atomic mass is 10.2. The van der Waals surface area contributed by atoms with Gasteiger partial charge in [-0.15, -0.1) is 0 Å². The molecule has 1 unspecified atom stereocenters. The van der Waals surface area contributed by atoms with Gasteiger partial charge in [-0.25, -0.2) is 4.99 Å². The van der Waals surface area contributed by atoms with E-state index in [1.165, 1.54) is 0 Å². The Bertz CT molecular complexity index is 434. The molecule has 16 heavy (non-hydrogen) atoms. The molecule has 1 heterocycles. The molecule has 0 bridgehead atoms. The van der Waals surface area contributed by atoms with E-state index in [-0.39, 0.29) is 6.04 Å². The first kappa shape index (κ1) is 10.7. The Morgan fingerprint density at radius 2 is 2.00 bits per heavy atom. The van der Waals surface area contributed by atoms with Crippen LogP contribution >= 0.6 is 0 Å². The van der Waals surface area contributed by atoms with E-state index >= 15 is 0 Å². The van der Waals surface area contributed by atoms with Crippen molar-refractivity contribution in [3.05, 3.63) is 29.8 Å². The van der Waals surface area contributed by atoms with Gasteiger partial charge in [0.25, 0.3) is 0 Å². The first-order valence-electron chi connectivity index (χ1n) is 5.35. The molecule has 0 amide bonds. The molecule has 4 nitrogen and oxygen atoms in total. The number of amidine groups is 2. The summed E-state index contributed by atoms with van der Waals surface area (Å²) in [6.45, 7) is 4.56. The highest BCUT2D eigenvalue weighted by atomic mass is 16.5. The number of benzene rings is 1. The van der Waals surface area contributed by atoms with Crippen molar-refractivity contribution in [1.29, 1.82) is 0 Å². The van der Waals surface area contributed by atoms with Crippen LogP contribution in [-0.4, -0.2) is 24.3 Å². The van der Waals surface area contributed by atoms with Gasteiger partial charge in [-0.3, -0.25) is 4.99 Å². The summed E-state index contributed by atoms with van der Waals surface area (Å²) in [5, 5.41) is 0. The molecule has 0 spiro atoms. The molecule has 2 N–H and O–H groups in total. The van der Waals surface area contributed by atoms with E-state index in [1.54, 1.807) is 0 Å². The minimum absolute atomic E-state index is 0.0124. The van der Waals surface area contributed by atoms with Crippen LogP contribution in [0, 0.1) is 0 Å². The molecule has 4 heteroatoms. The third-order valence-corrected chi connectivity index (χ3v) is 2.40. The minimum Gasteiger partial charge on any atom is -0.494 e. The van der Waals surface area contributed by atoms with E-state index in [2.05, 4.69) is 9.98 Å². The van der Waals surface area contributed by atoms with Crippen molar-refractivity contribution in [2.24, 2.45) is 15.7 Å². The first-order chi connectivity index (χ1) is 7.70. The van der Waals surface area contributed by atoms with Crippen LogP contribution in [-0.2, 0) is 0 Å². The lowest BCUT2D eigenvalue weighted by Gasteiger charge is -2.03. The van der Waals surface area contributed by atoms with Crippen molar-refractivity contribution in [2.75, 3.05) is 6.61 Å². The second-order valence-electron chi connectivity index (χ2n) is 3.62. The molecule has 0 aliphatic carbocycles. The van der Waals surface area contributed by atoms with Gasteiger partial charge in [0.05, 0.1) is 6.61 Å². The zero-order valence-electron chi connectivity index (χ0n) is 9.47. The van der Waals surface area contributed by atoms with Gasteiger partial charge in [-0.1, -0.05) is 0 Å². The molecular weight excluding hydrogens is 202 g/mol. The molecule has 0 fully saturated rings. The number of rotatable bonds is 3. The highest BCUT2D eigenvalue weighted by Gasteiger charge is 2.16. The highest BCUT2D eigenvalue weighted by molar-refractivity contribution is 6.11. The Kier molecular flexibility index (Phi) is 2.90. The number of nitrogens with zero attached hydrogens (tertiary/aromatic N) is 2. The van der Waals surface area contributed by atoms with Crippen molar-refractivity contribution in [3.63, 3.8) is 0 Å². The summed E-state index contributed by atoms with van der Waals surface area (Å²) in [4.78, 5) is 8.58. The van der Waals surface area contributed by atoms with Gasteiger partial charge < -0.3 is 10.5 Å². The zero-order chi connectivity index (χ0) is 11.5. The fraction of sp³-hybridized carbons (Fsp3) is 0.333. The van der Waals surface area contributed by atoms with Crippen LogP contribution in [0.4, 0.5) is 0 Å². The monoisotopic (exact) mass is 217 g/mol. The van der Waals surface area contributed by atoms with E-state index < -0.39 is 0 Å². The summed E-state index contributed by atoms with van der Waals surface area (Å²) in [6.07, 6.45) is 0. The third kappa shape index (κ3) is 2.05. The van der Waals surface area contributed by atoms with Gasteiger partial charge in [0, 0.05) is 5.56 Å². The second kappa shape index (κ2) is 4.35. The van der Waals surface area contributed by atoms with Crippen LogP contribution in [0.1, 0.15) is 19.4 Å². The van der Waals surface area contributed by atoms with Crippen LogP contribution in [0.25, 0.3) is 0 Å². The maximum Gasteiger partial charge on any atom is 0.157 e. The standard InChI is InChI=1S/C12H15N3O/c1-3-16-10-6-4-9(5-7-10)12-14-8(2)11(13)15-12/h4-8H,3H2,1-2H3,(H2,13,14,15). The summed E-state index contributed by atoms with van der Waals surface area (Å²) < 4.78 is 5.37. The molecule has 0 radical (unpaired) electrons. The van der Waals surface area contributed by atoms with Crippen LogP contribution in [0.15, 0.2) is 34.3 Å². The molecule has 0 saturated heterocycles. The third-order valence-electron chi connectivity index (χ3n) is 2.40. The predicted octanol–water partition coefficient (Wildman–Crippen LogP) is 1.59. The number of ether oxygens (including phenoxy) is 1. The Morgan fingerprint density at radius 1 is 1.31 bits per heavy atom. The quantitative estimate of drug-likeness (QED) is 0.835. The van der Waals surface area contributed by atoms with Gasteiger partial charge in [0.15, 0.2) is 5.84 Å². The van der Waals surface area contributed by atoms with E-state index in [4.69, 9.17) is 10.5 Å². The number of hydrogen-bond donors (Lipinski definition) is 1. The molecule has 1 aliphatic rings.